The molecule has 5 heteroatoms. The van der Waals surface area contributed by atoms with Crippen LogP contribution < -0.4 is 0 Å². The normalized spacial score (nSPS) is 31.1. The number of alkyl halides is 2. The monoisotopic (exact) mass is 252 g/mol. The van der Waals surface area contributed by atoms with E-state index in [1.807, 2.05) is 0 Å². The van der Waals surface area contributed by atoms with Crippen molar-refractivity contribution in [2.24, 2.45) is 5.92 Å². The number of Topliss-reactive ketones (excluding diaryl/α,β-unsaturated/α-hetero) is 1. The first-order valence-electron chi connectivity index (χ1n) is 6.48. The summed E-state index contributed by atoms with van der Waals surface area (Å²) < 4.78 is 29.7. The smallest absolute Gasteiger partial charge is 0.293 e. The van der Waals surface area contributed by atoms with E-state index in [0.29, 0.717) is 12.3 Å². The SMILES string of the molecule is CC(=O)Cn1nc(C2CC2)c2c1C(F)(F)C1CC21. The third kappa shape index (κ3) is 1.22. The molecule has 0 radical (unpaired) electrons. The van der Waals surface area contributed by atoms with E-state index in [9.17, 15) is 13.6 Å². The van der Waals surface area contributed by atoms with Crippen molar-refractivity contribution in [3.63, 3.8) is 0 Å². The molecule has 0 amide bonds. The lowest BCUT2D eigenvalue weighted by Crippen LogP contribution is -2.22. The van der Waals surface area contributed by atoms with Gasteiger partial charge in [-0.3, -0.25) is 9.48 Å². The van der Waals surface area contributed by atoms with Crippen molar-refractivity contribution in [3.05, 3.63) is 17.0 Å². The number of aromatic nitrogens is 2. The highest BCUT2D eigenvalue weighted by Gasteiger charge is 2.67. The molecule has 2 fully saturated rings. The van der Waals surface area contributed by atoms with Gasteiger partial charge in [0.2, 0.25) is 0 Å². The third-order valence-electron chi connectivity index (χ3n) is 4.30. The zero-order chi connectivity index (χ0) is 12.7. The first kappa shape index (κ1) is 10.6. The molecule has 1 heterocycles. The summed E-state index contributed by atoms with van der Waals surface area (Å²) in [6.07, 6.45) is 2.68. The van der Waals surface area contributed by atoms with Crippen LogP contribution in [0, 0.1) is 5.92 Å². The highest BCUT2D eigenvalue weighted by atomic mass is 19.3. The number of rotatable bonds is 3. The fourth-order valence-corrected chi connectivity index (χ4v) is 3.29. The predicted octanol–water partition coefficient (Wildman–Crippen LogP) is 2.56. The number of hydrogen-bond donors (Lipinski definition) is 0. The Morgan fingerprint density at radius 2 is 2.22 bits per heavy atom. The highest BCUT2D eigenvalue weighted by molar-refractivity contribution is 5.75. The lowest BCUT2D eigenvalue weighted by atomic mass is 10.1. The molecule has 0 aliphatic heterocycles. The summed E-state index contributed by atoms with van der Waals surface area (Å²) in [5, 5.41) is 4.32. The number of halogens is 2. The van der Waals surface area contributed by atoms with Gasteiger partial charge in [0.15, 0.2) is 5.78 Å². The van der Waals surface area contributed by atoms with Crippen LogP contribution in [0.2, 0.25) is 0 Å². The molecule has 0 N–H and O–H groups in total. The number of carbonyl (C=O) groups is 1. The fraction of sp³-hybridized carbons (Fsp3) is 0.692. The summed E-state index contributed by atoms with van der Waals surface area (Å²) in [5.41, 5.74) is 1.69. The van der Waals surface area contributed by atoms with E-state index < -0.39 is 11.8 Å². The van der Waals surface area contributed by atoms with Crippen molar-refractivity contribution in [1.29, 1.82) is 0 Å². The lowest BCUT2D eigenvalue weighted by Gasteiger charge is -2.14. The maximum atomic E-state index is 14.2. The minimum absolute atomic E-state index is 0.00584. The molecule has 3 aliphatic carbocycles. The van der Waals surface area contributed by atoms with E-state index in [0.717, 1.165) is 24.1 Å². The summed E-state index contributed by atoms with van der Waals surface area (Å²) in [4.78, 5) is 11.2. The summed E-state index contributed by atoms with van der Waals surface area (Å²) in [5.74, 6) is -3.07. The Hall–Kier alpha value is -1.26. The number of hydrogen-bond acceptors (Lipinski definition) is 2. The second-order valence-electron chi connectivity index (χ2n) is 5.85. The largest absolute Gasteiger partial charge is 0.298 e. The van der Waals surface area contributed by atoms with Crippen molar-refractivity contribution >= 4 is 5.78 Å². The Morgan fingerprint density at radius 1 is 1.50 bits per heavy atom. The molecule has 1 aromatic rings. The highest BCUT2D eigenvalue weighted by Crippen LogP contribution is 2.68. The van der Waals surface area contributed by atoms with Crippen molar-refractivity contribution in [2.45, 2.75) is 50.5 Å². The Kier molecular flexibility index (Phi) is 1.78. The van der Waals surface area contributed by atoms with Crippen LogP contribution in [0.5, 0.6) is 0 Å². The van der Waals surface area contributed by atoms with E-state index >= 15 is 0 Å². The van der Waals surface area contributed by atoms with Crippen molar-refractivity contribution < 1.29 is 13.6 Å². The Morgan fingerprint density at radius 3 is 2.83 bits per heavy atom. The van der Waals surface area contributed by atoms with Crippen LogP contribution in [0.15, 0.2) is 0 Å². The first-order chi connectivity index (χ1) is 8.50. The number of ketones is 1. The van der Waals surface area contributed by atoms with Gasteiger partial charge in [0.1, 0.15) is 5.69 Å². The predicted molar refractivity (Wildman–Crippen MR) is 59.6 cm³/mol. The quantitative estimate of drug-likeness (QED) is 0.828. The van der Waals surface area contributed by atoms with E-state index in [4.69, 9.17) is 0 Å². The molecule has 3 nitrogen and oxygen atoms in total. The molecule has 0 spiro atoms. The van der Waals surface area contributed by atoms with Crippen molar-refractivity contribution in [3.8, 4) is 0 Å². The number of carbonyl (C=O) groups excluding carboxylic acids is 1. The minimum Gasteiger partial charge on any atom is -0.298 e. The van der Waals surface area contributed by atoms with Crippen molar-refractivity contribution in [1.82, 2.24) is 9.78 Å². The molecule has 18 heavy (non-hydrogen) atoms. The second kappa shape index (κ2) is 3.00. The van der Waals surface area contributed by atoms with Gasteiger partial charge < -0.3 is 0 Å². The maximum Gasteiger partial charge on any atom is 0.293 e. The molecule has 0 aromatic carbocycles. The van der Waals surface area contributed by atoms with Gasteiger partial charge in [-0.15, -0.1) is 0 Å². The number of nitrogens with zero attached hydrogens (tertiary/aromatic N) is 2. The van der Waals surface area contributed by atoms with Gasteiger partial charge in [0.25, 0.3) is 5.92 Å². The molecular weight excluding hydrogens is 238 g/mol. The van der Waals surface area contributed by atoms with Gasteiger partial charge >= 0.3 is 0 Å². The van der Waals surface area contributed by atoms with Gasteiger partial charge in [0.05, 0.1) is 12.2 Å². The molecular formula is C13H14F2N2O. The molecule has 4 rings (SSSR count). The van der Waals surface area contributed by atoms with Gasteiger partial charge in [-0.2, -0.15) is 13.9 Å². The summed E-state index contributed by atoms with van der Waals surface area (Å²) in [7, 11) is 0. The Labute approximate surface area is 103 Å². The summed E-state index contributed by atoms with van der Waals surface area (Å²) in [6.45, 7) is 1.39. The molecule has 0 bridgehead atoms. The molecule has 2 atom stereocenters. The van der Waals surface area contributed by atoms with Crippen LogP contribution in [0.4, 0.5) is 8.78 Å². The molecule has 1 aromatic heterocycles. The average Bonchev–Trinajstić information content (AvgIpc) is 3.15. The second-order valence-corrected chi connectivity index (χ2v) is 5.85. The topological polar surface area (TPSA) is 34.9 Å². The molecule has 2 saturated carbocycles. The summed E-state index contributed by atoms with van der Waals surface area (Å²) >= 11 is 0. The lowest BCUT2D eigenvalue weighted by molar-refractivity contribution is -0.118. The maximum absolute atomic E-state index is 14.2. The minimum atomic E-state index is -2.78. The Bertz CT molecular complexity index is 560. The standard InChI is InChI=1S/C13H14F2N2O/c1-6(18)5-17-12-10(11(16-17)7-2-3-7)8-4-9(8)13(12,14)15/h7-9H,2-5H2,1H3. The van der Waals surface area contributed by atoms with Gasteiger partial charge in [-0.1, -0.05) is 0 Å². The van der Waals surface area contributed by atoms with Gasteiger partial charge in [-0.05, 0) is 32.1 Å². The van der Waals surface area contributed by atoms with E-state index in [2.05, 4.69) is 5.10 Å². The van der Waals surface area contributed by atoms with Crippen LogP contribution in [-0.2, 0) is 17.3 Å². The van der Waals surface area contributed by atoms with Crippen molar-refractivity contribution in [2.75, 3.05) is 0 Å². The van der Waals surface area contributed by atoms with Gasteiger partial charge in [0, 0.05) is 17.4 Å². The third-order valence-corrected chi connectivity index (χ3v) is 4.30. The molecule has 96 valence electrons. The first-order valence-corrected chi connectivity index (χ1v) is 6.48. The van der Waals surface area contributed by atoms with Crippen LogP contribution >= 0.6 is 0 Å². The summed E-state index contributed by atoms with van der Waals surface area (Å²) in [6, 6.07) is 0. The average molecular weight is 252 g/mol. The number of fused-ring (bicyclic) bond motifs is 3. The molecule has 2 unspecified atom stereocenters. The van der Waals surface area contributed by atoms with Crippen LogP contribution in [0.3, 0.4) is 0 Å². The van der Waals surface area contributed by atoms with E-state index in [1.54, 1.807) is 0 Å². The van der Waals surface area contributed by atoms with Crippen LogP contribution in [0.1, 0.15) is 55.0 Å². The van der Waals surface area contributed by atoms with E-state index in [1.165, 1.54) is 11.6 Å². The zero-order valence-electron chi connectivity index (χ0n) is 10.1. The van der Waals surface area contributed by atoms with Crippen LogP contribution in [0.25, 0.3) is 0 Å². The fourth-order valence-electron chi connectivity index (χ4n) is 3.29. The zero-order valence-corrected chi connectivity index (χ0v) is 10.1. The molecule has 3 aliphatic rings. The Balaban J connectivity index is 1.88. The van der Waals surface area contributed by atoms with E-state index in [-0.39, 0.29) is 23.9 Å². The molecule has 0 saturated heterocycles. The van der Waals surface area contributed by atoms with Crippen LogP contribution in [-0.4, -0.2) is 15.6 Å². The van der Waals surface area contributed by atoms with Gasteiger partial charge in [-0.25, -0.2) is 0 Å².